The molecular formula is C21H32N3O8P. The van der Waals surface area contributed by atoms with Crippen molar-refractivity contribution in [2.75, 3.05) is 33.2 Å². The highest BCUT2D eigenvalue weighted by molar-refractivity contribution is 7.53. The average Bonchev–Trinajstić information content (AvgIpc) is 2.76. The van der Waals surface area contributed by atoms with Crippen LogP contribution in [0.25, 0.3) is 0 Å². The molecule has 0 spiro atoms. The predicted octanol–water partition coefficient (Wildman–Crippen LogP) is 3.80. The van der Waals surface area contributed by atoms with Gasteiger partial charge in [-0.1, -0.05) is 19.9 Å². The van der Waals surface area contributed by atoms with E-state index < -0.39 is 30.6 Å². The second kappa shape index (κ2) is 11.6. The quantitative estimate of drug-likeness (QED) is 0.212. The Morgan fingerprint density at radius 2 is 1.88 bits per heavy atom. The molecule has 0 fully saturated rings. The Kier molecular flexibility index (Phi) is 9.39. The Morgan fingerprint density at radius 1 is 1.24 bits per heavy atom. The third-order valence-electron chi connectivity index (χ3n) is 5.10. The van der Waals surface area contributed by atoms with Gasteiger partial charge < -0.3 is 23.6 Å². The molecule has 0 N–H and O–H groups in total. The molecule has 1 heterocycles. The largest absolute Gasteiger partial charge is 0.467 e. The number of nitro benzene ring substituents is 1. The summed E-state index contributed by atoms with van der Waals surface area (Å²) >= 11 is 0. The summed E-state index contributed by atoms with van der Waals surface area (Å²) < 4.78 is 28.8. The monoisotopic (exact) mass is 485 g/mol. The predicted molar refractivity (Wildman–Crippen MR) is 121 cm³/mol. The number of nitro groups is 1. The van der Waals surface area contributed by atoms with Gasteiger partial charge in [0.2, 0.25) is 0 Å². The lowest BCUT2D eigenvalue weighted by molar-refractivity contribution is -0.385. The number of rotatable bonds is 10. The van der Waals surface area contributed by atoms with E-state index in [1.807, 2.05) is 13.8 Å². The van der Waals surface area contributed by atoms with Crippen molar-refractivity contribution in [3.8, 4) is 0 Å². The molecule has 2 rings (SSSR count). The number of carbonyl (C=O) groups excluding carboxylic acids is 2. The van der Waals surface area contributed by atoms with Crippen LogP contribution in [0, 0.1) is 16.0 Å². The van der Waals surface area contributed by atoms with Crippen LogP contribution < -0.4 is 0 Å². The van der Waals surface area contributed by atoms with E-state index >= 15 is 0 Å². The lowest BCUT2D eigenvalue weighted by Crippen LogP contribution is -2.54. The molecular weight excluding hydrogens is 453 g/mol. The summed E-state index contributed by atoms with van der Waals surface area (Å²) in [5.41, 5.74) is 1.19. The summed E-state index contributed by atoms with van der Waals surface area (Å²) in [5.74, 6) is -0.574. The molecule has 1 unspecified atom stereocenters. The molecule has 0 radical (unpaired) electrons. The Labute approximate surface area is 193 Å². The number of fused-ring (bicyclic) bond motifs is 1. The van der Waals surface area contributed by atoms with Gasteiger partial charge in [0.25, 0.3) is 5.69 Å². The van der Waals surface area contributed by atoms with Crippen molar-refractivity contribution in [2.45, 2.75) is 46.7 Å². The maximum absolute atomic E-state index is 13.7. The van der Waals surface area contributed by atoms with Gasteiger partial charge in [-0.25, -0.2) is 9.59 Å². The molecule has 1 aromatic carbocycles. The van der Waals surface area contributed by atoms with E-state index in [9.17, 15) is 24.3 Å². The molecule has 0 aliphatic carbocycles. The number of amides is 2. The van der Waals surface area contributed by atoms with Gasteiger partial charge in [0.1, 0.15) is 12.3 Å². The number of methoxy groups -OCH3 is 1. The average molecular weight is 485 g/mol. The first-order valence-electron chi connectivity index (χ1n) is 10.8. The minimum absolute atomic E-state index is 0.0281. The first kappa shape index (κ1) is 26.8. The fourth-order valence-electron chi connectivity index (χ4n) is 3.77. The summed E-state index contributed by atoms with van der Waals surface area (Å²) in [6.45, 7) is 7.68. The van der Waals surface area contributed by atoms with Gasteiger partial charge in [-0.3, -0.25) is 14.7 Å². The molecule has 2 amide bonds. The minimum atomic E-state index is -3.60. The summed E-state index contributed by atoms with van der Waals surface area (Å²) in [5, 5.41) is 11.2. The van der Waals surface area contributed by atoms with Crippen LogP contribution in [0.1, 0.15) is 38.8 Å². The smallest absolute Gasteiger partial charge is 0.349 e. The summed E-state index contributed by atoms with van der Waals surface area (Å²) in [4.78, 5) is 39.6. The van der Waals surface area contributed by atoms with Crippen molar-refractivity contribution in [1.82, 2.24) is 9.80 Å². The molecule has 1 aliphatic heterocycles. The lowest BCUT2D eigenvalue weighted by atomic mass is 9.93. The van der Waals surface area contributed by atoms with Gasteiger partial charge in [-0.15, -0.1) is 0 Å². The Balaban J connectivity index is 2.44. The number of carbonyl (C=O) groups is 2. The van der Waals surface area contributed by atoms with Crippen molar-refractivity contribution in [1.29, 1.82) is 0 Å². The molecule has 1 aliphatic rings. The van der Waals surface area contributed by atoms with Crippen LogP contribution in [0.3, 0.4) is 0 Å². The summed E-state index contributed by atoms with van der Waals surface area (Å²) in [7, 11) is -2.36. The van der Waals surface area contributed by atoms with Crippen molar-refractivity contribution in [3.05, 3.63) is 39.4 Å². The molecule has 11 nitrogen and oxygen atoms in total. The molecule has 0 bridgehead atoms. The fourth-order valence-corrected chi connectivity index (χ4v) is 5.45. The highest BCUT2D eigenvalue weighted by atomic mass is 31.2. The number of hydrogen-bond acceptors (Lipinski definition) is 8. The van der Waals surface area contributed by atoms with Crippen LogP contribution >= 0.6 is 7.60 Å². The molecule has 0 aromatic heterocycles. The molecule has 12 heteroatoms. The zero-order chi connectivity index (χ0) is 24.8. The highest BCUT2D eigenvalue weighted by Gasteiger charge is 2.40. The topological polar surface area (TPSA) is 129 Å². The van der Waals surface area contributed by atoms with Crippen LogP contribution in [0.4, 0.5) is 10.5 Å². The number of nitrogens with zero attached hydrogens (tertiary/aromatic N) is 3. The Morgan fingerprint density at radius 3 is 2.39 bits per heavy atom. The van der Waals surface area contributed by atoms with Gasteiger partial charge >= 0.3 is 19.6 Å². The van der Waals surface area contributed by atoms with E-state index in [0.717, 1.165) is 5.56 Å². The van der Waals surface area contributed by atoms with E-state index in [4.69, 9.17) is 13.8 Å². The number of urea groups is 1. The lowest BCUT2D eigenvalue weighted by Gasteiger charge is -2.39. The van der Waals surface area contributed by atoms with Gasteiger partial charge in [0.15, 0.2) is 0 Å². The molecule has 1 aromatic rings. The fraction of sp³-hybridized carbons (Fsp3) is 0.619. The SMILES string of the molecule is CCOP(=O)(CN(CC(C)C)C(=O)N1Cc2cc([N+](=O)[O-])ccc2CC1C(=O)OC)OCC. The maximum atomic E-state index is 13.7. The van der Waals surface area contributed by atoms with E-state index in [1.165, 1.54) is 29.0 Å². The van der Waals surface area contributed by atoms with Gasteiger partial charge in [0, 0.05) is 31.6 Å². The number of non-ortho nitro benzene ring substituents is 1. The summed E-state index contributed by atoms with van der Waals surface area (Å²) in [6, 6.07) is 2.90. The molecule has 0 saturated carbocycles. The van der Waals surface area contributed by atoms with Crippen molar-refractivity contribution in [3.63, 3.8) is 0 Å². The van der Waals surface area contributed by atoms with Crippen LogP contribution in [-0.2, 0) is 36.1 Å². The standard InChI is InChI=1S/C21H32N3O8P/c1-6-31-33(29,32-7-2)14-22(12-15(3)4)21(26)23-13-17-10-18(24(27)28)9-8-16(17)11-19(23)20(25)30-5/h8-10,15,19H,6-7,11-14H2,1-5H3. The molecule has 184 valence electrons. The van der Waals surface area contributed by atoms with Gasteiger partial charge in [0.05, 0.1) is 25.2 Å². The van der Waals surface area contributed by atoms with E-state index in [2.05, 4.69) is 0 Å². The first-order chi connectivity index (χ1) is 15.5. The van der Waals surface area contributed by atoms with Crippen molar-refractivity contribution >= 4 is 25.3 Å². The minimum Gasteiger partial charge on any atom is -0.467 e. The normalized spacial score (nSPS) is 15.8. The number of ether oxygens (including phenoxy) is 1. The zero-order valence-corrected chi connectivity index (χ0v) is 20.6. The van der Waals surface area contributed by atoms with Gasteiger partial charge in [-0.2, -0.15) is 0 Å². The van der Waals surface area contributed by atoms with Crippen LogP contribution in [0.5, 0.6) is 0 Å². The molecule has 1 atom stereocenters. The third kappa shape index (κ3) is 6.75. The number of esters is 1. The molecule has 33 heavy (non-hydrogen) atoms. The third-order valence-corrected chi connectivity index (χ3v) is 7.09. The van der Waals surface area contributed by atoms with E-state index in [0.29, 0.717) is 5.56 Å². The van der Waals surface area contributed by atoms with Crippen molar-refractivity contribution in [2.24, 2.45) is 5.92 Å². The van der Waals surface area contributed by atoms with Crippen LogP contribution in [-0.4, -0.2) is 65.9 Å². The maximum Gasteiger partial charge on any atom is 0.349 e. The van der Waals surface area contributed by atoms with Crippen molar-refractivity contribution < 1.29 is 32.9 Å². The van der Waals surface area contributed by atoms with E-state index in [-0.39, 0.29) is 50.6 Å². The van der Waals surface area contributed by atoms with Crippen LogP contribution in [0.2, 0.25) is 0 Å². The Hall–Kier alpha value is -2.49. The molecule has 0 saturated heterocycles. The van der Waals surface area contributed by atoms with E-state index in [1.54, 1.807) is 19.9 Å². The summed E-state index contributed by atoms with van der Waals surface area (Å²) in [6.07, 6.45) is -0.131. The Bertz CT molecular complexity index is 913. The zero-order valence-electron chi connectivity index (χ0n) is 19.7. The first-order valence-corrected chi connectivity index (χ1v) is 12.6. The van der Waals surface area contributed by atoms with Crippen LogP contribution in [0.15, 0.2) is 18.2 Å². The number of benzene rings is 1. The second-order valence-corrected chi connectivity index (χ2v) is 10.1. The number of hydrogen-bond donors (Lipinski definition) is 0. The second-order valence-electron chi connectivity index (χ2n) is 8.07. The van der Waals surface area contributed by atoms with Gasteiger partial charge in [-0.05, 0) is 30.9 Å². The highest BCUT2D eigenvalue weighted by Crippen LogP contribution is 2.49.